The first-order chi connectivity index (χ1) is 9.29. The lowest BCUT2D eigenvalue weighted by atomic mass is 10.5. The Morgan fingerprint density at radius 2 is 2.25 bits per heavy atom. The number of hydrogen-bond donors (Lipinski definition) is 2. The fourth-order valence-electron chi connectivity index (χ4n) is 1.38. The highest BCUT2D eigenvalue weighted by Crippen LogP contribution is 2.31. The summed E-state index contributed by atoms with van der Waals surface area (Å²) >= 11 is 5.36. The molecule has 2 aromatic rings. The first kappa shape index (κ1) is 15.6. The van der Waals surface area contributed by atoms with Crippen LogP contribution < -0.4 is 4.72 Å². The molecule has 0 saturated carbocycles. The minimum atomic E-state index is -3.78. The number of carboxylic acids is 1. The van der Waals surface area contributed by atoms with Gasteiger partial charge in [-0.05, 0) is 28.9 Å². The molecule has 0 aliphatic rings. The van der Waals surface area contributed by atoms with Gasteiger partial charge in [0.25, 0.3) is 0 Å². The second-order valence-electron chi connectivity index (χ2n) is 3.74. The third-order valence-electron chi connectivity index (χ3n) is 2.27. The molecule has 108 valence electrons. The van der Waals surface area contributed by atoms with Crippen molar-refractivity contribution in [3.8, 4) is 0 Å². The highest BCUT2D eigenvalue weighted by atomic mass is 79.9. The number of carboxylic acid groups (broad SMARTS) is 1. The van der Waals surface area contributed by atoms with E-state index in [1.807, 2.05) is 6.92 Å². The van der Waals surface area contributed by atoms with Crippen LogP contribution in [0.2, 0.25) is 0 Å². The van der Waals surface area contributed by atoms with Gasteiger partial charge in [0.2, 0.25) is 10.0 Å². The van der Waals surface area contributed by atoms with Crippen molar-refractivity contribution in [3.05, 3.63) is 30.8 Å². The van der Waals surface area contributed by atoms with E-state index >= 15 is 0 Å². The van der Waals surface area contributed by atoms with Gasteiger partial charge in [-0.3, -0.25) is 0 Å². The summed E-state index contributed by atoms with van der Waals surface area (Å²) in [7, 11) is -3.78. The Morgan fingerprint density at radius 3 is 2.75 bits per heavy atom. The Labute approximate surface area is 131 Å². The zero-order chi connectivity index (χ0) is 14.9. The monoisotopic (exact) mass is 396 g/mol. The van der Waals surface area contributed by atoms with Gasteiger partial charge in [0.05, 0.1) is 21.0 Å². The fraction of sp³-hybridized carbons (Fsp3) is 0.200. The Balaban J connectivity index is 2.20. The summed E-state index contributed by atoms with van der Waals surface area (Å²) in [4.78, 5) is 14.9. The molecule has 0 radical (unpaired) electrons. The summed E-state index contributed by atoms with van der Waals surface area (Å²) in [5, 5.41) is 11.5. The van der Waals surface area contributed by atoms with Crippen LogP contribution in [-0.2, 0) is 16.6 Å². The van der Waals surface area contributed by atoms with Gasteiger partial charge >= 0.3 is 5.97 Å². The van der Waals surface area contributed by atoms with Gasteiger partial charge in [-0.25, -0.2) is 22.9 Å². The van der Waals surface area contributed by atoms with Gasteiger partial charge < -0.3 is 5.11 Å². The molecule has 0 unspecified atom stereocenters. The van der Waals surface area contributed by atoms with Gasteiger partial charge in [0.15, 0.2) is 0 Å². The topological polar surface area (TPSA) is 96.4 Å². The third-order valence-corrected chi connectivity index (χ3v) is 6.73. The van der Waals surface area contributed by atoms with Crippen molar-refractivity contribution in [2.24, 2.45) is 0 Å². The van der Waals surface area contributed by atoms with Crippen molar-refractivity contribution in [1.82, 2.24) is 9.71 Å². The van der Waals surface area contributed by atoms with Gasteiger partial charge in [-0.1, -0.05) is 0 Å². The molecule has 0 amide bonds. The Bertz CT molecular complexity index is 750. The molecular formula is C10H9BrN2O4S3. The lowest BCUT2D eigenvalue weighted by Crippen LogP contribution is -2.23. The van der Waals surface area contributed by atoms with Crippen molar-refractivity contribution in [1.29, 1.82) is 0 Å². The van der Waals surface area contributed by atoms with Crippen LogP contribution >= 0.6 is 38.6 Å². The molecule has 2 aromatic heterocycles. The standard InChI is InChI=1S/C10H9BrN2O4S3/c1-5-13-6(4-18-5)3-12-20(16,17)8-2-7(10(14)15)19-9(8)11/h2,4,12H,3H2,1H3,(H,14,15). The zero-order valence-electron chi connectivity index (χ0n) is 10.1. The van der Waals surface area contributed by atoms with Crippen LogP contribution in [-0.4, -0.2) is 24.5 Å². The van der Waals surface area contributed by atoms with Gasteiger partial charge in [0, 0.05) is 5.38 Å². The maximum atomic E-state index is 12.1. The second kappa shape index (κ2) is 5.90. The van der Waals surface area contributed by atoms with E-state index in [-0.39, 0.29) is 20.1 Å². The average molecular weight is 397 g/mol. The quantitative estimate of drug-likeness (QED) is 0.808. The van der Waals surface area contributed by atoms with Crippen LogP contribution in [0.1, 0.15) is 20.4 Å². The van der Waals surface area contributed by atoms with E-state index in [1.54, 1.807) is 5.38 Å². The predicted molar refractivity (Wildman–Crippen MR) is 79.9 cm³/mol. The number of nitrogens with one attached hydrogen (secondary N) is 1. The number of halogens is 1. The molecule has 6 nitrogen and oxygen atoms in total. The summed E-state index contributed by atoms with van der Waals surface area (Å²) in [5.74, 6) is -1.16. The van der Waals surface area contributed by atoms with Crippen molar-refractivity contribution in [3.63, 3.8) is 0 Å². The Kier molecular flexibility index (Phi) is 4.59. The maximum Gasteiger partial charge on any atom is 0.345 e. The van der Waals surface area contributed by atoms with Crippen LogP contribution in [0.4, 0.5) is 0 Å². The molecule has 2 N–H and O–H groups in total. The van der Waals surface area contributed by atoms with Crippen molar-refractivity contribution < 1.29 is 18.3 Å². The van der Waals surface area contributed by atoms with E-state index in [0.717, 1.165) is 22.4 Å². The highest BCUT2D eigenvalue weighted by Gasteiger charge is 2.23. The van der Waals surface area contributed by atoms with E-state index < -0.39 is 16.0 Å². The molecule has 0 aliphatic carbocycles. The highest BCUT2D eigenvalue weighted by molar-refractivity contribution is 9.11. The van der Waals surface area contributed by atoms with Crippen molar-refractivity contribution in [2.75, 3.05) is 0 Å². The van der Waals surface area contributed by atoms with Crippen molar-refractivity contribution in [2.45, 2.75) is 18.4 Å². The molecular weight excluding hydrogens is 388 g/mol. The van der Waals surface area contributed by atoms with Crippen molar-refractivity contribution >= 4 is 54.6 Å². The van der Waals surface area contributed by atoms with Crippen LogP contribution in [0.25, 0.3) is 0 Å². The van der Waals surface area contributed by atoms with E-state index in [0.29, 0.717) is 5.69 Å². The number of aromatic nitrogens is 1. The number of thiophene rings is 1. The van der Waals surface area contributed by atoms with E-state index in [9.17, 15) is 13.2 Å². The smallest absolute Gasteiger partial charge is 0.345 e. The predicted octanol–water partition coefficient (Wildman–Crippen LogP) is 2.45. The minimum Gasteiger partial charge on any atom is -0.477 e. The summed E-state index contributed by atoms with van der Waals surface area (Å²) in [6, 6.07) is 1.13. The van der Waals surface area contributed by atoms with E-state index in [4.69, 9.17) is 5.11 Å². The number of thiazole rings is 1. The number of aryl methyl sites for hydroxylation is 1. The van der Waals surface area contributed by atoms with Gasteiger partial charge in [-0.2, -0.15) is 0 Å². The molecule has 0 atom stereocenters. The second-order valence-corrected chi connectivity index (χ2v) is 8.90. The maximum absolute atomic E-state index is 12.1. The van der Waals surface area contributed by atoms with E-state index in [1.165, 1.54) is 11.3 Å². The number of sulfonamides is 1. The Hall–Kier alpha value is -0.810. The molecule has 0 fully saturated rings. The summed E-state index contributed by atoms with van der Waals surface area (Å²) < 4.78 is 26.9. The summed E-state index contributed by atoms with van der Waals surface area (Å²) in [6.07, 6.45) is 0. The first-order valence-corrected chi connectivity index (χ1v) is 9.20. The fourth-order valence-corrected chi connectivity index (χ4v) is 5.39. The third kappa shape index (κ3) is 3.44. The normalized spacial score (nSPS) is 11.7. The molecule has 0 spiro atoms. The van der Waals surface area contributed by atoms with Crippen LogP contribution in [0.15, 0.2) is 20.1 Å². The number of carbonyl (C=O) groups is 1. The molecule has 2 rings (SSSR count). The summed E-state index contributed by atoms with van der Waals surface area (Å²) in [5.41, 5.74) is 0.626. The van der Waals surface area contributed by atoms with Gasteiger partial charge in [0.1, 0.15) is 9.77 Å². The summed E-state index contributed by atoms with van der Waals surface area (Å²) in [6.45, 7) is 1.90. The molecule has 20 heavy (non-hydrogen) atoms. The number of nitrogens with zero attached hydrogens (tertiary/aromatic N) is 1. The minimum absolute atomic E-state index is 0.0400. The average Bonchev–Trinajstić information content (AvgIpc) is 2.93. The molecule has 0 aliphatic heterocycles. The molecule has 0 aromatic carbocycles. The van der Waals surface area contributed by atoms with Gasteiger partial charge in [-0.15, -0.1) is 22.7 Å². The lowest BCUT2D eigenvalue weighted by molar-refractivity contribution is 0.0702. The largest absolute Gasteiger partial charge is 0.477 e. The Morgan fingerprint density at radius 1 is 1.55 bits per heavy atom. The van der Waals surface area contributed by atoms with Crippen LogP contribution in [0.5, 0.6) is 0 Å². The molecule has 0 saturated heterocycles. The SMILES string of the molecule is Cc1nc(CNS(=O)(=O)c2cc(C(=O)O)sc2Br)cs1. The first-order valence-electron chi connectivity index (χ1n) is 5.23. The molecule has 10 heteroatoms. The molecule has 2 heterocycles. The number of aromatic carboxylic acids is 1. The van der Waals surface area contributed by atoms with Crippen LogP contribution in [0, 0.1) is 6.92 Å². The zero-order valence-corrected chi connectivity index (χ0v) is 14.1. The number of rotatable bonds is 5. The van der Waals surface area contributed by atoms with E-state index in [2.05, 4.69) is 25.6 Å². The number of hydrogen-bond acceptors (Lipinski definition) is 6. The molecule has 0 bridgehead atoms. The van der Waals surface area contributed by atoms with Crippen LogP contribution in [0.3, 0.4) is 0 Å². The lowest BCUT2D eigenvalue weighted by Gasteiger charge is -2.03.